The number of rotatable bonds is 25. The number of methoxy groups -OCH3 is 2. The molecule has 2 aromatic rings. The molecule has 0 spiro atoms. The van der Waals surface area contributed by atoms with Crippen molar-refractivity contribution in [3.05, 3.63) is 60.2 Å². The van der Waals surface area contributed by atoms with E-state index in [1.807, 2.05) is 76.9 Å². The van der Waals surface area contributed by atoms with Crippen molar-refractivity contribution in [1.29, 1.82) is 0 Å². The van der Waals surface area contributed by atoms with Gasteiger partial charge in [0.1, 0.15) is 5.78 Å². The van der Waals surface area contributed by atoms with Crippen LogP contribution in [-0.4, -0.2) is 115 Å². The average Bonchev–Trinajstić information content (AvgIpc) is 3.72. The number of amides is 3. The minimum absolute atomic E-state index is 0.00435. The van der Waals surface area contributed by atoms with Gasteiger partial charge in [0.2, 0.25) is 17.7 Å². The van der Waals surface area contributed by atoms with E-state index in [0.29, 0.717) is 30.8 Å². The van der Waals surface area contributed by atoms with E-state index >= 15 is 0 Å². The molecule has 3 amide bonds. The topological polar surface area (TPSA) is 152 Å². The summed E-state index contributed by atoms with van der Waals surface area (Å²) < 4.78 is 12.2. The predicted octanol–water partition coefficient (Wildman–Crippen LogP) is 7.54. The van der Waals surface area contributed by atoms with Gasteiger partial charge in [0.25, 0.3) is 0 Å². The van der Waals surface area contributed by atoms with Crippen molar-refractivity contribution in [3.63, 3.8) is 0 Å². The third-order valence-electron chi connectivity index (χ3n) is 13.4. The zero-order valence-corrected chi connectivity index (χ0v) is 40.1. The second-order valence-corrected chi connectivity index (χ2v) is 18.7. The van der Waals surface area contributed by atoms with E-state index < -0.39 is 36.0 Å². The quantitative estimate of drug-likeness (QED) is 0.0966. The van der Waals surface area contributed by atoms with E-state index in [1.54, 1.807) is 50.4 Å². The molecule has 0 aliphatic carbocycles. The lowest BCUT2D eigenvalue weighted by Gasteiger charge is -2.41. The van der Waals surface area contributed by atoms with Gasteiger partial charge in [0.05, 0.1) is 36.8 Å². The molecule has 3 N–H and O–H groups in total. The molecule has 12 heteroatoms. The molecule has 1 heterocycles. The Balaban J connectivity index is 1.82. The molecule has 2 aromatic carbocycles. The summed E-state index contributed by atoms with van der Waals surface area (Å²) in [5, 5.41) is 2.97. The summed E-state index contributed by atoms with van der Waals surface area (Å²) in [6, 6.07) is 15.6. The number of carbonyl (C=O) groups is 5. The molecule has 0 bridgehead atoms. The Morgan fingerprint density at radius 1 is 0.823 bits per heavy atom. The lowest BCUT2D eigenvalue weighted by molar-refractivity contribution is -0.149. The number of nitrogens with one attached hydrogen (secondary N) is 1. The van der Waals surface area contributed by atoms with Crippen molar-refractivity contribution in [3.8, 4) is 0 Å². The van der Waals surface area contributed by atoms with Gasteiger partial charge >= 0.3 is 0 Å². The number of hydrogen-bond acceptors (Lipinski definition) is 9. The third kappa shape index (κ3) is 13.9. The maximum atomic E-state index is 14.5. The lowest BCUT2D eigenvalue weighted by atomic mass is 9.83. The molecule has 1 unspecified atom stereocenters. The molecule has 1 saturated heterocycles. The number of likely N-dealkylation sites (N-methyl/N-ethyl adjacent to an activating group) is 2. The molecular weight excluding hydrogens is 783 g/mol. The minimum atomic E-state index is -0.644. The Kier molecular flexibility index (Phi) is 20.8. The molecule has 12 nitrogen and oxygen atoms in total. The molecule has 0 aromatic heterocycles. The van der Waals surface area contributed by atoms with E-state index in [0.717, 1.165) is 18.4 Å². The van der Waals surface area contributed by atoms with Crippen LogP contribution < -0.4 is 11.1 Å². The molecule has 1 aliphatic heterocycles. The van der Waals surface area contributed by atoms with Gasteiger partial charge in [0, 0.05) is 75.8 Å². The molecule has 0 radical (unpaired) electrons. The van der Waals surface area contributed by atoms with E-state index in [1.165, 1.54) is 0 Å². The SMILES string of the molecule is CC[C@H](C)[C@@H]([C@@H](CC(=O)N1CCCC1[C@H](OC)[C@@H](C)C(=O)C[C@@H](Cc1ccccc1)C(=O)Nc1ccc(N)cc1)OC)N(C)C(=O)[C@@H](CC(=O)[C@H](C(C)C)N(C)C(C)C)C(C)C. The number of benzene rings is 2. The fourth-order valence-corrected chi connectivity index (χ4v) is 9.33. The molecule has 1 fully saturated rings. The average molecular weight is 862 g/mol. The van der Waals surface area contributed by atoms with Crippen LogP contribution in [0, 0.1) is 35.5 Å². The van der Waals surface area contributed by atoms with Gasteiger partial charge in [-0.05, 0) is 87.7 Å². The second-order valence-electron chi connectivity index (χ2n) is 18.7. The third-order valence-corrected chi connectivity index (χ3v) is 13.4. The van der Waals surface area contributed by atoms with Crippen LogP contribution in [0.4, 0.5) is 11.4 Å². The number of ether oxygens (including phenoxy) is 2. The zero-order chi connectivity index (χ0) is 46.4. The highest BCUT2D eigenvalue weighted by molar-refractivity contribution is 5.96. The van der Waals surface area contributed by atoms with E-state index in [4.69, 9.17) is 15.2 Å². The first kappa shape index (κ1) is 52.2. The number of carbonyl (C=O) groups excluding carboxylic acids is 5. The molecule has 3 rings (SSSR count). The fourth-order valence-electron chi connectivity index (χ4n) is 9.33. The van der Waals surface area contributed by atoms with Gasteiger partial charge in [0.15, 0.2) is 5.78 Å². The predicted molar refractivity (Wildman–Crippen MR) is 248 cm³/mol. The maximum Gasteiger partial charge on any atom is 0.228 e. The summed E-state index contributed by atoms with van der Waals surface area (Å²) in [7, 11) is 6.91. The largest absolute Gasteiger partial charge is 0.399 e. The van der Waals surface area contributed by atoms with Crippen LogP contribution in [0.5, 0.6) is 0 Å². The van der Waals surface area contributed by atoms with Crippen molar-refractivity contribution < 1.29 is 33.4 Å². The van der Waals surface area contributed by atoms with Gasteiger partial charge in [-0.25, -0.2) is 0 Å². The second kappa shape index (κ2) is 24.6. The maximum absolute atomic E-state index is 14.5. The summed E-state index contributed by atoms with van der Waals surface area (Å²) in [5.74, 6) is -2.38. The standard InChI is InChI=1S/C50H79N5O7/c1-14-34(8)47(54(11)50(60)40(31(2)3)29-43(57)46(32(4)5)53(10)33(6)7)44(61-12)30-45(58)55-26-18-21-41(55)48(62-13)35(9)42(56)28-37(27-36-19-16-15-17-20-36)49(59)52-39-24-22-38(51)23-25-39/h15-17,19-20,22-25,31-35,37,40-41,44,46-48H,14,18,21,26-30,51H2,1-13H3,(H,52,59)/t34-,35-,37+,40-,41?,44+,46-,47-,48+/m0/s1. The van der Waals surface area contributed by atoms with Crippen molar-refractivity contribution >= 4 is 40.7 Å². The van der Waals surface area contributed by atoms with Crippen LogP contribution in [0.25, 0.3) is 0 Å². The number of anilines is 2. The number of ketones is 2. The van der Waals surface area contributed by atoms with E-state index in [2.05, 4.69) is 37.9 Å². The first-order valence-electron chi connectivity index (χ1n) is 22.9. The highest BCUT2D eigenvalue weighted by Crippen LogP contribution is 2.32. The summed E-state index contributed by atoms with van der Waals surface area (Å²) >= 11 is 0. The Labute approximate surface area is 373 Å². The molecular formula is C50H79N5O7. The first-order valence-corrected chi connectivity index (χ1v) is 22.9. The minimum Gasteiger partial charge on any atom is -0.399 e. The number of nitrogens with zero attached hydrogens (tertiary/aromatic N) is 3. The highest BCUT2D eigenvalue weighted by atomic mass is 16.5. The molecule has 0 saturated carbocycles. The van der Waals surface area contributed by atoms with E-state index in [9.17, 15) is 24.0 Å². The van der Waals surface area contributed by atoms with Crippen LogP contribution in [0.15, 0.2) is 54.6 Å². The van der Waals surface area contributed by atoms with Gasteiger partial charge < -0.3 is 30.3 Å². The summed E-state index contributed by atoms with van der Waals surface area (Å²) in [4.78, 5) is 76.4. The number of hydrogen-bond donors (Lipinski definition) is 2. The van der Waals surface area contributed by atoms with Crippen molar-refractivity contribution in [2.75, 3.05) is 45.9 Å². The number of nitrogen functional groups attached to an aromatic ring is 1. The van der Waals surface area contributed by atoms with Gasteiger partial charge in [-0.1, -0.05) is 85.2 Å². The normalized spacial score (nSPS) is 18.3. The first-order chi connectivity index (χ1) is 29.3. The van der Waals surface area contributed by atoms with Gasteiger partial charge in [-0.15, -0.1) is 0 Å². The Bertz CT molecular complexity index is 1730. The molecule has 62 heavy (non-hydrogen) atoms. The van der Waals surface area contributed by atoms with E-state index in [-0.39, 0.29) is 84.4 Å². The summed E-state index contributed by atoms with van der Waals surface area (Å²) in [6.07, 6.45) is 1.47. The molecule has 1 aliphatic rings. The van der Waals surface area contributed by atoms with Crippen molar-refractivity contribution in [2.24, 2.45) is 35.5 Å². The Morgan fingerprint density at radius 2 is 1.45 bits per heavy atom. The Morgan fingerprint density at radius 3 is 1.98 bits per heavy atom. The van der Waals surface area contributed by atoms with Gasteiger partial charge in [-0.2, -0.15) is 0 Å². The smallest absolute Gasteiger partial charge is 0.228 e. The van der Waals surface area contributed by atoms with Crippen molar-refractivity contribution in [1.82, 2.24) is 14.7 Å². The Hall–Kier alpha value is -4.13. The lowest BCUT2D eigenvalue weighted by Crippen LogP contribution is -2.54. The monoisotopic (exact) mass is 862 g/mol. The van der Waals surface area contributed by atoms with Crippen LogP contribution in [0.1, 0.15) is 106 Å². The summed E-state index contributed by atoms with van der Waals surface area (Å²) in [5.41, 5.74) is 7.98. The molecule has 346 valence electrons. The van der Waals surface area contributed by atoms with Crippen LogP contribution >= 0.6 is 0 Å². The molecule has 9 atom stereocenters. The number of Topliss-reactive ketones (excluding diaryl/α,β-unsaturated/α-hetero) is 2. The van der Waals surface area contributed by atoms with Gasteiger partial charge in [-0.3, -0.25) is 28.9 Å². The summed E-state index contributed by atoms with van der Waals surface area (Å²) in [6.45, 7) is 18.7. The van der Waals surface area contributed by atoms with Crippen LogP contribution in [0.2, 0.25) is 0 Å². The fraction of sp³-hybridized carbons (Fsp3) is 0.660. The number of nitrogens with two attached hydrogens (primary N) is 1. The highest BCUT2D eigenvalue weighted by Gasteiger charge is 2.43. The zero-order valence-electron chi connectivity index (χ0n) is 40.1. The van der Waals surface area contributed by atoms with Crippen LogP contribution in [0.3, 0.4) is 0 Å². The number of likely N-dealkylation sites (tertiary alicyclic amines) is 1. The van der Waals surface area contributed by atoms with Crippen LogP contribution in [-0.2, 0) is 39.9 Å². The van der Waals surface area contributed by atoms with Crippen molar-refractivity contribution in [2.45, 2.75) is 144 Å².